The summed E-state index contributed by atoms with van der Waals surface area (Å²) in [6.45, 7) is 10.5. The quantitative estimate of drug-likeness (QED) is 0.343. The minimum absolute atomic E-state index is 0.000467. The van der Waals surface area contributed by atoms with E-state index < -0.39 is 33.8 Å². The Hall–Kier alpha value is -4.27. The highest BCUT2D eigenvalue weighted by Gasteiger charge is 2.37. The molecule has 2 heterocycles. The van der Waals surface area contributed by atoms with E-state index in [0.29, 0.717) is 11.5 Å². The molecule has 1 aliphatic heterocycles. The number of aliphatic imine (C=N–C) groups is 1. The van der Waals surface area contributed by atoms with Crippen molar-refractivity contribution in [1.29, 1.82) is 10.5 Å². The van der Waals surface area contributed by atoms with Gasteiger partial charge in [0.05, 0.1) is 29.3 Å². The first-order chi connectivity index (χ1) is 19.6. The van der Waals surface area contributed by atoms with Crippen LogP contribution in [-0.2, 0) is 29.1 Å². The third kappa shape index (κ3) is 7.32. The van der Waals surface area contributed by atoms with E-state index in [0.717, 1.165) is 19.1 Å². The van der Waals surface area contributed by atoms with Gasteiger partial charge < -0.3 is 20.4 Å². The third-order valence-corrected chi connectivity index (χ3v) is 7.99. The van der Waals surface area contributed by atoms with Gasteiger partial charge in [0, 0.05) is 6.92 Å². The van der Waals surface area contributed by atoms with Crippen molar-refractivity contribution in [3.63, 3.8) is 0 Å². The molecular formula is C28H35N7O6S. The number of H-pyrrole nitrogens is 1. The SMILES string of the molecule is CC(=O)NC1=NC(=Cc2[nH]c(NC(=O)C(C)NS(C)(=O)=O)c(C#N)c2C#N)C(C)=C1C(=O)OC1C(C)CC(C)CC1C. The monoisotopic (exact) mass is 597 g/mol. The largest absolute Gasteiger partial charge is 0.458 e. The number of aromatic nitrogens is 1. The first kappa shape index (κ1) is 32.2. The lowest BCUT2D eigenvalue weighted by atomic mass is 9.75. The van der Waals surface area contributed by atoms with Crippen molar-refractivity contribution in [2.75, 3.05) is 11.6 Å². The Labute approximate surface area is 245 Å². The van der Waals surface area contributed by atoms with Gasteiger partial charge >= 0.3 is 5.97 Å². The molecule has 1 aromatic rings. The maximum absolute atomic E-state index is 13.5. The number of ether oxygens (including phenoxy) is 1. The Bertz CT molecular complexity index is 1580. The van der Waals surface area contributed by atoms with Crippen LogP contribution in [0.3, 0.4) is 0 Å². The molecular weight excluding hydrogens is 562 g/mol. The van der Waals surface area contributed by atoms with Crippen LogP contribution in [0, 0.1) is 40.4 Å². The van der Waals surface area contributed by atoms with E-state index in [2.05, 4.69) is 32.3 Å². The molecule has 0 saturated heterocycles. The van der Waals surface area contributed by atoms with Gasteiger partial charge in [0.1, 0.15) is 41.0 Å². The molecule has 2 aliphatic rings. The second-order valence-electron chi connectivity index (χ2n) is 11.1. The maximum atomic E-state index is 13.5. The number of sulfonamides is 1. The zero-order valence-electron chi connectivity index (χ0n) is 24.6. The van der Waals surface area contributed by atoms with Gasteiger partial charge in [0.15, 0.2) is 0 Å². The lowest BCUT2D eigenvalue weighted by Crippen LogP contribution is -2.41. The number of nitrogens with zero attached hydrogens (tertiary/aromatic N) is 3. The van der Waals surface area contributed by atoms with Crippen molar-refractivity contribution in [2.24, 2.45) is 22.7 Å². The van der Waals surface area contributed by atoms with Gasteiger partial charge in [-0.15, -0.1) is 0 Å². The molecule has 4 N–H and O–H groups in total. The molecule has 13 nitrogen and oxygen atoms in total. The first-order valence-corrected chi connectivity index (χ1v) is 15.3. The summed E-state index contributed by atoms with van der Waals surface area (Å²) in [4.78, 5) is 45.2. The summed E-state index contributed by atoms with van der Waals surface area (Å²) in [7, 11) is -3.69. The fraction of sp³-hybridized carbons (Fsp3) is 0.500. The molecule has 0 bridgehead atoms. The van der Waals surface area contributed by atoms with Gasteiger partial charge in [-0.05, 0) is 56.1 Å². The highest BCUT2D eigenvalue weighted by atomic mass is 32.2. The topological polar surface area (TPSA) is 206 Å². The van der Waals surface area contributed by atoms with Crippen molar-refractivity contribution >= 4 is 45.5 Å². The molecule has 3 atom stereocenters. The molecule has 1 saturated carbocycles. The number of allylic oxidation sites excluding steroid dienone is 1. The summed E-state index contributed by atoms with van der Waals surface area (Å²) in [5.41, 5.74) is 0.492. The molecule has 3 unspecified atom stereocenters. The average molecular weight is 598 g/mol. The summed E-state index contributed by atoms with van der Waals surface area (Å²) in [5, 5.41) is 24.5. The minimum atomic E-state index is -3.69. The van der Waals surface area contributed by atoms with Crippen LogP contribution in [-0.4, -0.2) is 55.4 Å². The van der Waals surface area contributed by atoms with Gasteiger partial charge in [-0.1, -0.05) is 20.8 Å². The van der Waals surface area contributed by atoms with Crippen LogP contribution in [0.2, 0.25) is 0 Å². The lowest BCUT2D eigenvalue weighted by Gasteiger charge is -2.37. The second kappa shape index (κ2) is 12.7. The summed E-state index contributed by atoms with van der Waals surface area (Å²) >= 11 is 0. The molecule has 0 spiro atoms. The van der Waals surface area contributed by atoms with Gasteiger partial charge in [0.25, 0.3) is 0 Å². The number of aromatic amines is 1. The molecule has 2 amide bonds. The standard InChI is InChI=1S/C28H35N7O6S/c1-13-8-14(2)24(15(3)9-13)41-28(38)23-16(4)21(32-26(23)31-18(6)36)10-22-19(11-29)20(12-30)25(33-22)34-27(37)17(5)35-42(7,39)40/h10,13-15,17,24,33,35H,8-9H2,1-7H3,(H,34,37)(H,31,32,36). The number of carbonyl (C=O) groups is 3. The van der Waals surface area contributed by atoms with E-state index in [1.807, 2.05) is 26.0 Å². The number of anilines is 1. The Morgan fingerprint density at radius 3 is 2.21 bits per heavy atom. The summed E-state index contributed by atoms with van der Waals surface area (Å²) in [6, 6.07) is 2.62. The molecule has 224 valence electrons. The zero-order valence-corrected chi connectivity index (χ0v) is 25.4. The van der Waals surface area contributed by atoms with Gasteiger partial charge in [0.2, 0.25) is 21.8 Å². The molecule has 1 fully saturated rings. The van der Waals surface area contributed by atoms with Gasteiger partial charge in [-0.2, -0.15) is 10.5 Å². The van der Waals surface area contributed by atoms with Crippen molar-refractivity contribution in [3.05, 3.63) is 33.7 Å². The maximum Gasteiger partial charge on any atom is 0.342 e. The number of esters is 1. The normalized spacial score (nSPS) is 23.9. The number of hydrogen-bond acceptors (Lipinski definition) is 9. The van der Waals surface area contributed by atoms with Crippen molar-refractivity contribution in [3.8, 4) is 12.1 Å². The Balaban J connectivity index is 2.00. The molecule has 0 radical (unpaired) electrons. The molecule has 14 heteroatoms. The predicted octanol–water partition coefficient (Wildman–Crippen LogP) is 2.45. The van der Waals surface area contributed by atoms with E-state index in [-0.39, 0.29) is 57.7 Å². The Morgan fingerprint density at radius 2 is 1.69 bits per heavy atom. The van der Waals surface area contributed by atoms with Crippen LogP contribution < -0.4 is 15.4 Å². The molecule has 1 aromatic heterocycles. The average Bonchev–Trinajstić information content (AvgIpc) is 3.35. The van der Waals surface area contributed by atoms with Crippen molar-refractivity contribution in [2.45, 2.75) is 66.5 Å². The summed E-state index contributed by atoms with van der Waals surface area (Å²) in [5.74, 6) is -1.15. The fourth-order valence-electron chi connectivity index (χ4n) is 5.51. The Kier molecular flexibility index (Phi) is 9.76. The van der Waals surface area contributed by atoms with E-state index in [1.54, 1.807) is 6.92 Å². The lowest BCUT2D eigenvalue weighted by molar-refractivity contribution is -0.152. The van der Waals surface area contributed by atoms with E-state index in [9.17, 15) is 33.3 Å². The summed E-state index contributed by atoms with van der Waals surface area (Å²) < 4.78 is 31.1. The van der Waals surface area contributed by atoms with Gasteiger partial charge in [-0.3, -0.25) is 9.59 Å². The van der Waals surface area contributed by atoms with E-state index >= 15 is 0 Å². The van der Waals surface area contributed by atoms with Crippen molar-refractivity contribution in [1.82, 2.24) is 15.0 Å². The van der Waals surface area contributed by atoms with Crippen LogP contribution in [0.25, 0.3) is 6.08 Å². The first-order valence-electron chi connectivity index (χ1n) is 13.4. The number of nitrogens with one attached hydrogen (secondary N) is 4. The Morgan fingerprint density at radius 1 is 1.10 bits per heavy atom. The number of carbonyl (C=O) groups excluding carboxylic acids is 3. The number of nitriles is 2. The molecule has 0 aromatic carbocycles. The number of hydrogen-bond donors (Lipinski definition) is 4. The van der Waals surface area contributed by atoms with Crippen LogP contribution >= 0.6 is 0 Å². The van der Waals surface area contributed by atoms with Crippen molar-refractivity contribution < 1.29 is 27.5 Å². The smallest absolute Gasteiger partial charge is 0.342 e. The van der Waals surface area contributed by atoms with E-state index in [1.165, 1.54) is 19.9 Å². The predicted molar refractivity (Wildman–Crippen MR) is 155 cm³/mol. The highest BCUT2D eigenvalue weighted by molar-refractivity contribution is 7.88. The van der Waals surface area contributed by atoms with E-state index in [4.69, 9.17) is 4.74 Å². The zero-order chi connectivity index (χ0) is 31.5. The van der Waals surface area contributed by atoms with Crippen LogP contribution in [0.4, 0.5) is 5.82 Å². The molecule has 3 rings (SSSR count). The molecule has 42 heavy (non-hydrogen) atoms. The number of amidine groups is 1. The number of amides is 2. The summed E-state index contributed by atoms with van der Waals surface area (Å²) in [6.07, 6.45) is 3.85. The second-order valence-corrected chi connectivity index (χ2v) is 12.8. The van der Waals surface area contributed by atoms with Crippen LogP contribution in [0.5, 0.6) is 0 Å². The van der Waals surface area contributed by atoms with Gasteiger partial charge in [-0.25, -0.2) is 22.9 Å². The van der Waals surface area contributed by atoms with Crippen LogP contribution in [0.15, 0.2) is 21.8 Å². The minimum Gasteiger partial charge on any atom is -0.458 e. The van der Waals surface area contributed by atoms with Crippen LogP contribution in [0.1, 0.15) is 71.2 Å². The highest BCUT2D eigenvalue weighted by Crippen LogP contribution is 2.36. The third-order valence-electron chi connectivity index (χ3n) is 7.21. The molecule has 1 aliphatic carbocycles. The number of rotatable bonds is 7. The fourth-order valence-corrected chi connectivity index (χ4v) is 6.26.